The molecule has 0 aromatic carbocycles. The van der Waals surface area contributed by atoms with Gasteiger partial charge >= 0.3 is 6.09 Å². The molecule has 9 heteroatoms. The number of nitrogens with one attached hydrogen (secondary N) is 1. The molecule has 1 aliphatic rings. The lowest BCUT2D eigenvalue weighted by molar-refractivity contribution is -0.138. The molecule has 0 radical (unpaired) electrons. The minimum absolute atomic E-state index is 0.00788. The molecule has 0 aromatic rings. The molecule has 3 N–H and O–H groups in total. The lowest BCUT2D eigenvalue weighted by atomic mass is 9.71. The average Bonchev–Trinajstić information content (AvgIpc) is 2.38. The summed E-state index contributed by atoms with van der Waals surface area (Å²) in [4.78, 5) is 34.4. The van der Waals surface area contributed by atoms with Crippen LogP contribution in [-0.2, 0) is 18.8 Å². The fraction of sp³-hybridized carbons (Fsp3) is 0.786. The highest BCUT2D eigenvalue weighted by atomic mass is 32.2. The molecule has 0 bridgehead atoms. The van der Waals surface area contributed by atoms with E-state index >= 15 is 0 Å². The van der Waals surface area contributed by atoms with Crippen LogP contribution in [0.3, 0.4) is 0 Å². The van der Waals surface area contributed by atoms with Crippen LogP contribution < -0.4 is 11.1 Å². The molecule has 0 spiro atoms. The molecule has 0 aromatic heterocycles. The van der Waals surface area contributed by atoms with Crippen LogP contribution >= 0.6 is 11.8 Å². The third kappa shape index (κ3) is 6.15. The summed E-state index contributed by atoms with van der Waals surface area (Å²) in [7, 11) is -1.20. The van der Waals surface area contributed by atoms with Crippen molar-refractivity contribution >= 4 is 37.9 Å². The predicted molar refractivity (Wildman–Crippen MR) is 91.3 cm³/mol. The van der Waals surface area contributed by atoms with E-state index in [1.54, 1.807) is 0 Å². The Balaban J connectivity index is 2.70. The number of rotatable bonds is 7. The zero-order valence-corrected chi connectivity index (χ0v) is 16.2. The molecule has 1 rings (SSSR count). The van der Waals surface area contributed by atoms with E-state index in [2.05, 4.69) is 43.9 Å². The molecule has 2 amide bonds. The first kappa shape index (κ1) is 20.0. The van der Waals surface area contributed by atoms with Gasteiger partial charge in [0.2, 0.25) is 11.0 Å². The molecule has 1 fully saturated rings. The van der Waals surface area contributed by atoms with E-state index in [4.69, 9.17) is 10.2 Å². The van der Waals surface area contributed by atoms with Gasteiger partial charge < -0.3 is 20.2 Å². The highest BCUT2D eigenvalue weighted by Crippen LogP contribution is 2.41. The Morgan fingerprint density at radius 1 is 1.39 bits per heavy atom. The first-order chi connectivity index (χ1) is 10.5. The van der Waals surface area contributed by atoms with E-state index in [9.17, 15) is 14.4 Å². The number of hydrogen-bond acceptors (Lipinski definition) is 6. The molecule has 0 aliphatic carbocycles. The van der Waals surface area contributed by atoms with Crippen LogP contribution in [0.4, 0.5) is 4.79 Å². The molecule has 7 nitrogen and oxygen atoms in total. The van der Waals surface area contributed by atoms with E-state index in [0.29, 0.717) is 6.61 Å². The van der Waals surface area contributed by atoms with Crippen molar-refractivity contribution in [1.82, 2.24) is 5.32 Å². The van der Waals surface area contributed by atoms with Gasteiger partial charge in [0.25, 0.3) is 0 Å². The van der Waals surface area contributed by atoms with Gasteiger partial charge in [-0.05, 0) is 18.5 Å². The van der Waals surface area contributed by atoms with E-state index in [1.807, 2.05) is 0 Å². The number of nitrogens with two attached hydrogens (primary N) is 1. The second-order valence-corrected chi connectivity index (χ2v) is 10.5. The Morgan fingerprint density at radius 2 is 2.00 bits per heavy atom. The molecule has 1 saturated heterocycles. The number of amides is 2. The van der Waals surface area contributed by atoms with Crippen molar-refractivity contribution in [3.63, 3.8) is 0 Å². The normalized spacial score (nSPS) is 22.3. The van der Waals surface area contributed by atoms with E-state index < -0.39 is 21.7 Å². The van der Waals surface area contributed by atoms with Gasteiger partial charge in [0.15, 0.2) is 15.6 Å². The summed E-state index contributed by atoms with van der Waals surface area (Å²) >= 11 is 0.971. The maximum absolute atomic E-state index is 12.0. The number of hydrogen-bond donors (Lipinski definition) is 2. The van der Waals surface area contributed by atoms with Gasteiger partial charge in [-0.3, -0.25) is 9.59 Å². The van der Waals surface area contributed by atoms with Crippen molar-refractivity contribution in [1.29, 1.82) is 0 Å². The minimum Gasteiger partial charge on any atom is -0.441 e. The van der Waals surface area contributed by atoms with Crippen LogP contribution in [0.5, 0.6) is 0 Å². The summed E-state index contributed by atoms with van der Waals surface area (Å²) in [6.45, 7) is 10.5. The van der Waals surface area contributed by atoms with Gasteiger partial charge in [-0.2, -0.15) is 0 Å². The monoisotopic (exact) mass is 362 g/mol. The lowest BCUT2D eigenvalue weighted by Gasteiger charge is -2.45. The summed E-state index contributed by atoms with van der Waals surface area (Å²) < 4.78 is 10.3. The Hall–Kier alpha value is -1.06. The SMILES string of the molecule is C[SiH](C)OC[C@H](C1C(=O)NC1SC(=O)COC(N)=O)C(C)(C)C. The number of thioether (sulfide) groups is 1. The Labute approximate surface area is 142 Å². The molecule has 23 heavy (non-hydrogen) atoms. The summed E-state index contributed by atoms with van der Waals surface area (Å²) in [5.41, 5.74) is 4.71. The Bertz CT molecular complexity index is 467. The van der Waals surface area contributed by atoms with Gasteiger partial charge in [0, 0.05) is 12.5 Å². The third-order valence-electron chi connectivity index (χ3n) is 3.66. The van der Waals surface area contributed by atoms with Crippen LogP contribution in [0.25, 0.3) is 0 Å². The molecule has 3 atom stereocenters. The van der Waals surface area contributed by atoms with Crippen molar-refractivity contribution in [2.75, 3.05) is 13.2 Å². The maximum atomic E-state index is 12.0. The Kier molecular flexibility index (Phi) is 7.09. The van der Waals surface area contributed by atoms with Gasteiger partial charge in [-0.15, -0.1) is 0 Å². The lowest BCUT2D eigenvalue weighted by Crippen LogP contribution is -2.62. The van der Waals surface area contributed by atoms with Crippen molar-refractivity contribution in [2.45, 2.75) is 39.2 Å². The number of primary amides is 1. The number of carbonyl (C=O) groups excluding carboxylic acids is 3. The van der Waals surface area contributed by atoms with Crippen molar-refractivity contribution < 1.29 is 23.5 Å². The van der Waals surface area contributed by atoms with E-state index in [1.165, 1.54) is 0 Å². The topological polar surface area (TPSA) is 108 Å². The maximum Gasteiger partial charge on any atom is 0.404 e. The van der Waals surface area contributed by atoms with Crippen molar-refractivity contribution in [3.8, 4) is 0 Å². The second-order valence-electron chi connectivity index (χ2n) is 6.91. The highest BCUT2D eigenvalue weighted by Gasteiger charge is 2.49. The highest BCUT2D eigenvalue weighted by molar-refractivity contribution is 8.14. The first-order valence-corrected chi connectivity index (χ1v) is 11.2. The molecule has 132 valence electrons. The third-order valence-corrected chi connectivity index (χ3v) is 5.56. The van der Waals surface area contributed by atoms with Gasteiger partial charge in [-0.1, -0.05) is 32.5 Å². The minimum atomic E-state index is -1.20. The first-order valence-electron chi connectivity index (χ1n) is 7.56. The molecule has 0 saturated carbocycles. The summed E-state index contributed by atoms with van der Waals surface area (Å²) in [5.74, 6) is -0.362. The molecule has 2 unspecified atom stereocenters. The molecular weight excluding hydrogens is 336 g/mol. The summed E-state index contributed by atoms with van der Waals surface area (Å²) in [6.07, 6.45) is -0.990. The van der Waals surface area contributed by atoms with E-state index in [-0.39, 0.29) is 33.6 Å². The van der Waals surface area contributed by atoms with Crippen LogP contribution in [0, 0.1) is 17.3 Å². The molecule has 1 aliphatic heterocycles. The standard InChI is InChI=1S/C14H26N2O5SSi/c1-14(2,3)8(6-21-23(4)5)10-11(18)16-12(10)22-9(17)7-20-13(15)19/h8,10,12,23H,6-7H2,1-5H3,(H2,15,19)(H,16,18)/t8-,10?,12?/m1/s1. The quantitative estimate of drug-likeness (QED) is 0.518. The smallest absolute Gasteiger partial charge is 0.404 e. The van der Waals surface area contributed by atoms with Gasteiger partial charge in [0.1, 0.15) is 0 Å². The number of carbonyl (C=O) groups is 3. The summed E-state index contributed by atoms with van der Waals surface area (Å²) in [5, 5.41) is 2.07. The predicted octanol–water partition coefficient (Wildman–Crippen LogP) is 1.08. The zero-order chi connectivity index (χ0) is 17.8. The number of β-lactam (4-membered cyclic amide) rings is 1. The Morgan fingerprint density at radius 3 is 2.43 bits per heavy atom. The van der Waals surface area contributed by atoms with Crippen molar-refractivity contribution in [3.05, 3.63) is 0 Å². The van der Waals surface area contributed by atoms with Crippen molar-refractivity contribution in [2.24, 2.45) is 23.0 Å². The second kappa shape index (κ2) is 8.16. The number of ether oxygens (including phenoxy) is 1. The van der Waals surface area contributed by atoms with Gasteiger partial charge in [-0.25, -0.2) is 4.79 Å². The fourth-order valence-corrected chi connectivity index (χ4v) is 4.00. The zero-order valence-electron chi connectivity index (χ0n) is 14.3. The molecular formula is C14H26N2O5SSi. The molecule has 1 heterocycles. The van der Waals surface area contributed by atoms with E-state index in [0.717, 1.165) is 11.8 Å². The largest absolute Gasteiger partial charge is 0.441 e. The van der Waals surface area contributed by atoms with Crippen LogP contribution in [0.15, 0.2) is 0 Å². The van der Waals surface area contributed by atoms with Crippen LogP contribution in [0.2, 0.25) is 13.1 Å². The van der Waals surface area contributed by atoms with Crippen LogP contribution in [-0.4, -0.2) is 44.7 Å². The summed E-state index contributed by atoms with van der Waals surface area (Å²) in [6, 6.07) is 0. The van der Waals surface area contributed by atoms with Crippen LogP contribution in [0.1, 0.15) is 20.8 Å². The average molecular weight is 363 g/mol. The fourth-order valence-electron chi connectivity index (χ4n) is 2.36. The van der Waals surface area contributed by atoms with Gasteiger partial charge in [0.05, 0.1) is 11.3 Å².